The second-order valence-electron chi connectivity index (χ2n) is 2.94. The molecule has 4 nitrogen and oxygen atoms in total. The summed E-state index contributed by atoms with van der Waals surface area (Å²) in [6, 6.07) is 2.61. The molecule has 0 unspecified atom stereocenters. The number of methoxy groups -OCH3 is 1. The minimum atomic E-state index is -0.965. The van der Waals surface area contributed by atoms with E-state index in [1.165, 1.54) is 19.2 Å². The van der Waals surface area contributed by atoms with Crippen molar-refractivity contribution in [1.82, 2.24) is 0 Å². The van der Waals surface area contributed by atoms with Crippen LogP contribution in [0.5, 0.6) is 11.5 Å². The molecule has 0 aliphatic heterocycles. The van der Waals surface area contributed by atoms with Crippen LogP contribution in [0.2, 0.25) is 0 Å². The van der Waals surface area contributed by atoms with Gasteiger partial charge in [0.05, 0.1) is 12.7 Å². The summed E-state index contributed by atoms with van der Waals surface area (Å²) in [6.45, 7) is 0.144. The maximum Gasteiger partial charge on any atom is 0.195 e. The van der Waals surface area contributed by atoms with Gasteiger partial charge in [0.15, 0.2) is 23.1 Å². The molecule has 5 heteroatoms. The number of hydrogen-bond donors (Lipinski definition) is 2. The molecule has 0 aliphatic carbocycles. The van der Waals surface area contributed by atoms with Crippen LogP contribution < -0.4 is 10.5 Å². The van der Waals surface area contributed by atoms with Gasteiger partial charge in [-0.1, -0.05) is 0 Å². The normalized spacial score (nSPS) is 10.1. The molecule has 0 radical (unpaired) electrons. The van der Waals surface area contributed by atoms with Crippen molar-refractivity contribution < 1.29 is 19.0 Å². The summed E-state index contributed by atoms with van der Waals surface area (Å²) >= 11 is 0. The number of carbonyl (C=O) groups is 1. The van der Waals surface area contributed by atoms with Crippen LogP contribution in [0.4, 0.5) is 4.39 Å². The van der Waals surface area contributed by atoms with E-state index in [4.69, 9.17) is 10.5 Å². The Balaban J connectivity index is 3.11. The molecule has 1 aromatic rings. The summed E-state index contributed by atoms with van der Waals surface area (Å²) in [6.07, 6.45) is 0.0443. The summed E-state index contributed by atoms with van der Waals surface area (Å²) < 4.78 is 18.1. The highest BCUT2D eigenvalue weighted by molar-refractivity contribution is 5.97. The predicted octanol–water partition coefficient (Wildman–Crippen LogP) is 1.07. The van der Waals surface area contributed by atoms with E-state index in [0.717, 1.165) is 0 Å². The molecule has 0 aliphatic rings. The van der Waals surface area contributed by atoms with E-state index >= 15 is 0 Å². The molecule has 1 rings (SSSR count). The first-order valence-corrected chi connectivity index (χ1v) is 4.40. The number of hydrogen-bond acceptors (Lipinski definition) is 4. The third-order valence-corrected chi connectivity index (χ3v) is 1.97. The number of ketones is 1. The quantitative estimate of drug-likeness (QED) is 0.734. The van der Waals surface area contributed by atoms with Gasteiger partial charge in [-0.05, 0) is 18.7 Å². The van der Waals surface area contributed by atoms with E-state index in [1.807, 2.05) is 0 Å². The molecule has 0 heterocycles. The topological polar surface area (TPSA) is 72.5 Å². The number of phenols is 1. The number of benzene rings is 1. The molecule has 0 amide bonds. The highest BCUT2D eigenvalue weighted by atomic mass is 19.1. The minimum absolute atomic E-state index is 0.00296. The molecule has 15 heavy (non-hydrogen) atoms. The second kappa shape index (κ2) is 4.75. The number of halogens is 1. The minimum Gasteiger partial charge on any atom is -0.502 e. The zero-order valence-corrected chi connectivity index (χ0v) is 8.29. The van der Waals surface area contributed by atoms with Crippen molar-refractivity contribution in [3.05, 3.63) is 23.5 Å². The van der Waals surface area contributed by atoms with Crippen LogP contribution in [0, 0.1) is 5.82 Å². The van der Waals surface area contributed by atoms with Gasteiger partial charge in [0.2, 0.25) is 0 Å². The van der Waals surface area contributed by atoms with Crippen molar-refractivity contribution in [2.45, 2.75) is 6.42 Å². The Morgan fingerprint density at radius 1 is 1.60 bits per heavy atom. The molecular weight excluding hydrogens is 201 g/mol. The summed E-state index contributed by atoms with van der Waals surface area (Å²) in [7, 11) is 1.30. The first-order chi connectivity index (χ1) is 7.11. The summed E-state index contributed by atoms with van der Waals surface area (Å²) in [4.78, 5) is 11.3. The third-order valence-electron chi connectivity index (χ3n) is 1.97. The molecule has 0 saturated carbocycles. The van der Waals surface area contributed by atoms with Gasteiger partial charge in [0, 0.05) is 6.42 Å². The summed E-state index contributed by atoms with van der Waals surface area (Å²) in [5, 5.41) is 9.31. The fourth-order valence-electron chi connectivity index (χ4n) is 1.19. The average Bonchev–Trinajstić information content (AvgIpc) is 2.22. The molecule has 0 aromatic heterocycles. The van der Waals surface area contributed by atoms with Crippen molar-refractivity contribution in [2.24, 2.45) is 5.73 Å². The summed E-state index contributed by atoms with van der Waals surface area (Å²) in [5.74, 6) is -2.06. The van der Waals surface area contributed by atoms with Crippen molar-refractivity contribution >= 4 is 5.78 Å². The second-order valence-corrected chi connectivity index (χ2v) is 2.94. The van der Waals surface area contributed by atoms with Gasteiger partial charge in [-0.15, -0.1) is 0 Å². The maximum absolute atomic E-state index is 13.4. The van der Waals surface area contributed by atoms with Gasteiger partial charge in [0.25, 0.3) is 0 Å². The molecule has 82 valence electrons. The van der Waals surface area contributed by atoms with Crippen LogP contribution in [0.15, 0.2) is 12.1 Å². The number of ether oxygens (including phenoxy) is 1. The van der Waals surface area contributed by atoms with Crippen molar-refractivity contribution in [2.75, 3.05) is 13.7 Å². The molecule has 3 N–H and O–H groups in total. The molecule has 0 atom stereocenters. The van der Waals surface area contributed by atoms with Crippen molar-refractivity contribution in [3.63, 3.8) is 0 Å². The number of Topliss-reactive ketones (excluding diaryl/α,β-unsaturated/α-hetero) is 1. The lowest BCUT2D eigenvalue weighted by atomic mass is 10.1. The number of aromatic hydroxyl groups is 1. The van der Waals surface area contributed by atoms with Crippen LogP contribution in [0.3, 0.4) is 0 Å². The Labute approximate surface area is 86.5 Å². The summed E-state index contributed by atoms with van der Waals surface area (Å²) in [5.41, 5.74) is 5.01. The Bertz CT molecular complexity index is 379. The standard InChI is InChI=1S/C10H12FNO3/c1-15-8-3-2-6(7(13)4-5-12)9(11)10(8)14/h2-3,14H,4-5,12H2,1H3. The number of phenolic OH excluding ortho intramolecular Hbond substituents is 1. The molecule has 0 saturated heterocycles. The molecule has 0 bridgehead atoms. The van der Waals surface area contributed by atoms with Gasteiger partial charge in [0.1, 0.15) is 0 Å². The molecule has 1 aromatic carbocycles. The first-order valence-electron chi connectivity index (χ1n) is 4.40. The zero-order chi connectivity index (χ0) is 11.4. The SMILES string of the molecule is COc1ccc(C(=O)CCN)c(F)c1O. The predicted molar refractivity (Wildman–Crippen MR) is 52.6 cm³/mol. The molecular formula is C10H12FNO3. The monoisotopic (exact) mass is 213 g/mol. The van der Waals surface area contributed by atoms with E-state index in [0.29, 0.717) is 0 Å². The van der Waals surface area contributed by atoms with Crippen LogP contribution in [0.25, 0.3) is 0 Å². The largest absolute Gasteiger partial charge is 0.502 e. The Kier molecular flexibility index (Phi) is 3.62. The lowest BCUT2D eigenvalue weighted by Gasteiger charge is -2.07. The first kappa shape index (κ1) is 11.5. The van der Waals surface area contributed by atoms with Gasteiger partial charge in [-0.25, -0.2) is 4.39 Å². The van der Waals surface area contributed by atoms with Crippen LogP contribution in [-0.4, -0.2) is 24.5 Å². The van der Waals surface area contributed by atoms with E-state index < -0.39 is 17.3 Å². The highest BCUT2D eigenvalue weighted by Crippen LogP contribution is 2.31. The fourth-order valence-corrected chi connectivity index (χ4v) is 1.19. The van der Waals surface area contributed by atoms with E-state index in [2.05, 4.69) is 0 Å². The molecule has 0 spiro atoms. The Morgan fingerprint density at radius 2 is 2.27 bits per heavy atom. The van der Waals surface area contributed by atoms with E-state index in [9.17, 15) is 14.3 Å². The van der Waals surface area contributed by atoms with Gasteiger partial charge in [-0.3, -0.25) is 4.79 Å². The van der Waals surface area contributed by atoms with Gasteiger partial charge >= 0.3 is 0 Å². The van der Waals surface area contributed by atoms with Gasteiger partial charge in [-0.2, -0.15) is 0 Å². The lowest BCUT2D eigenvalue weighted by Crippen LogP contribution is -2.10. The van der Waals surface area contributed by atoms with Crippen molar-refractivity contribution in [1.29, 1.82) is 0 Å². The zero-order valence-electron chi connectivity index (χ0n) is 8.29. The fraction of sp³-hybridized carbons (Fsp3) is 0.300. The van der Waals surface area contributed by atoms with Crippen molar-refractivity contribution in [3.8, 4) is 11.5 Å². The Morgan fingerprint density at radius 3 is 2.80 bits per heavy atom. The van der Waals surface area contributed by atoms with E-state index in [1.54, 1.807) is 0 Å². The van der Waals surface area contributed by atoms with Crippen LogP contribution >= 0.6 is 0 Å². The van der Waals surface area contributed by atoms with Crippen LogP contribution in [-0.2, 0) is 0 Å². The average molecular weight is 213 g/mol. The number of nitrogens with two attached hydrogens (primary N) is 1. The van der Waals surface area contributed by atoms with Crippen LogP contribution in [0.1, 0.15) is 16.8 Å². The number of carbonyl (C=O) groups excluding carboxylic acids is 1. The van der Waals surface area contributed by atoms with E-state index in [-0.39, 0.29) is 24.3 Å². The Hall–Kier alpha value is -1.62. The number of rotatable bonds is 4. The maximum atomic E-state index is 13.4. The highest BCUT2D eigenvalue weighted by Gasteiger charge is 2.17. The molecule has 0 fully saturated rings. The lowest BCUT2D eigenvalue weighted by molar-refractivity contribution is 0.0980. The third kappa shape index (κ3) is 2.24. The van der Waals surface area contributed by atoms with Gasteiger partial charge < -0.3 is 15.6 Å². The smallest absolute Gasteiger partial charge is 0.195 e.